The van der Waals surface area contributed by atoms with Gasteiger partial charge in [0.05, 0.1) is 18.2 Å². The first-order valence-corrected chi connectivity index (χ1v) is 13.3. The first kappa shape index (κ1) is 24.7. The van der Waals surface area contributed by atoms with Crippen molar-refractivity contribution < 1.29 is 33.1 Å². The number of rotatable bonds is 3. The highest BCUT2D eigenvalue weighted by atomic mass is 16.7. The van der Waals surface area contributed by atoms with Crippen molar-refractivity contribution in [1.82, 2.24) is 0 Å². The highest BCUT2D eigenvalue weighted by molar-refractivity contribution is 6.00. The van der Waals surface area contributed by atoms with E-state index in [1.54, 1.807) is 19.6 Å². The molecule has 0 aromatic carbocycles. The largest absolute Gasteiger partial charge is 0.472 e. The zero-order chi connectivity index (χ0) is 26.6. The Hall–Kier alpha value is -2.61. The van der Waals surface area contributed by atoms with E-state index in [0.29, 0.717) is 6.42 Å². The molecule has 5 aliphatic rings. The van der Waals surface area contributed by atoms with Gasteiger partial charge in [0.25, 0.3) is 0 Å². The molecule has 1 aromatic heterocycles. The summed E-state index contributed by atoms with van der Waals surface area (Å²) in [5.41, 5.74) is -0.809. The second-order valence-corrected chi connectivity index (χ2v) is 12.9. The highest BCUT2D eigenvalue weighted by Crippen LogP contribution is 2.79. The third-order valence-corrected chi connectivity index (χ3v) is 11.1. The normalized spacial score (nSPS) is 48.1. The van der Waals surface area contributed by atoms with Crippen LogP contribution in [0.2, 0.25) is 0 Å². The quantitative estimate of drug-likeness (QED) is 0.320. The molecule has 2 aliphatic heterocycles. The van der Waals surface area contributed by atoms with E-state index in [1.165, 1.54) is 6.92 Å². The Bertz CT molecular complexity index is 1200. The van der Waals surface area contributed by atoms with Crippen LogP contribution in [0.1, 0.15) is 72.5 Å². The summed E-state index contributed by atoms with van der Waals surface area (Å²) in [5.74, 6) is -0.446. The first-order chi connectivity index (χ1) is 17.4. The van der Waals surface area contributed by atoms with Crippen LogP contribution in [0.4, 0.5) is 0 Å². The first-order valence-electron chi connectivity index (χ1n) is 13.3. The third kappa shape index (κ3) is 2.80. The zero-order valence-electron chi connectivity index (χ0n) is 22.7. The van der Waals surface area contributed by atoms with E-state index in [-0.39, 0.29) is 34.6 Å². The van der Waals surface area contributed by atoms with Gasteiger partial charge in [0.1, 0.15) is 24.9 Å². The highest BCUT2D eigenvalue weighted by Gasteiger charge is 2.88. The number of nitrogens with zero attached hydrogens (tertiary/aromatic N) is 1. The lowest BCUT2D eigenvalue weighted by atomic mass is 9.35. The van der Waals surface area contributed by atoms with Crippen molar-refractivity contribution in [3.05, 3.63) is 36.3 Å². The molecule has 8 nitrogen and oxygen atoms in total. The number of allylic oxidation sites excluding steroid dienone is 2. The molecule has 2 saturated heterocycles. The Morgan fingerprint density at radius 1 is 1.14 bits per heavy atom. The second kappa shape index (κ2) is 7.49. The zero-order valence-corrected chi connectivity index (χ0v) is 22.7. The summed E-state index contributed by atoms with van der Waals surface area (Å²) in [5, 5.41) is 4.34. The van der Waals surface area contributed by atoms with Crippen LogP contribution in [0.25, 0.3) is 0 Å². The molecule has 8 heteroatoms. The molecule has 0 radical (unpaired) electrons. The number of carbonyl (C=O) groups excluding carboxylic acids is 2. The van der Waals surface area contributed by atoms with E-state index in [2.05, 4.69) is 51.9 Å². The van der Waals surface area contributed by atoms with E-state index in [1.807, 2.05) is 6.07 Å². The van der Waals surface area contributed by atoms with Crippen LogP contribution in [0.3, 0.4) is 0 Å². The lowest BCUT2D eigenvalue weighted by Crippen LogP contribution is -2.72. The van der Waals surface area contributed by atoms with Crippen molar-refractivity contribution in [3.8, 4) is 0 Å². The molecule has 3 aliphatic carbocycles. The van der Waals surface area contributed by atoms with Crippen LogP contribution in [0.15, 0.2) is 40.3 Å². The molecule has 0 bridgehead atoms. The van der Waals surface area contributed by atoms with E-state index in [4.69, 9.17) is 23.5 Å². The molecule has 1 aromatic rings. The van der Waals surface area contributed by atoms with Gasteiger partial charge in [-0.05, 0) is 48.7 Å². The van der Waals surface area contributed by atoms with Gasteiger partial charge in [0.15, 0.2) is 6.10 Å². The maximum Gasteiger partial charge on any atom is 0.339 e. The number of carbonyl (C=O) groups is 2. The molecule has 3 heterocycles. The number of fused-ring (bicyclic) bond motifs is 3. The summed E-state index contributed by atoms with van der Waals surface area (Å²) in [6.45, 7) is 12.5. The average molecular weight is 512 g/mol. The van der Waals surface area contributed by atoms with Gasteiger partial charge in [-0.2, -0.15) is 0 Å². The van der Waals surface area contributed by atoms with Gasteiger partial charge in [-0.25, -0.2) is 4.79 Å². The SMILES string of the molecule is CO/N=C1\C=C[C@@]2(C)C(C[C@@H](OC(C)=O)[C@]3(C)C2CC[C@@]2(C)[C@H](c4ccoc4)OC(=O)[C@H]4O[C@]423)C1(C)C. The Kier molecular flexibility index (Phi) is 5.00. The summed E-state index contributed by atoms with van der Waals surface area (Å²) in [6, 6.07) is 1.86. The molecular weight excluding hydrogens is 474 g/mol. The van der Waals surface area contributed by atoms with Crippen molar-refractivity contribution >= 4 is 17.7 Å². The Morgan fingerprint density at radius 2 is 1.89 bits per heavy atom. The fourth-order valence-electron chi connectivity index (χ4n) is 9.46. The molecule has 9 atom stereocenters. The van der Waals surface area contributed by atoms with Crippen LogP contribution in [0, 0.1) is 33.5 Å². The lowest BCUT2D eigenvalue weighted by Gasteiger charge is -2.68. The number of esters is 2. The molecular formula is C29H37NO7. The Balaban J connectivity index is 1.54. The van der Waals surface area contributed by atoms with Gasteiger partial charge >= 0.3 is 11.9 Å². The van der Waals surface area contributed by atoms with Crippen LogP contribution in [-0.2, 0) is 28.6 Å². The lowest BCUT2D eigenvalue weighted by molar-refractivity contribution is -0.249. The Morgan fingerprint density at radius 3 is 2.54 bits per heavy atom. The van der Waals surface area contributed by atoms with Crippen molar-refractivity contribution in [3.63, 3.8) is 0 Å². The molecule has 1 spiro atoms. The minimum absolute atomic E-state index is 0.0942. The van der Waals surface area contributed by atoms with E-state index >= 15 is 0 Å². The number of cyclic esters (lactones) is 1. The molecule has 200 valence electrons. The summed E-state index contributed by atoms with van der Waals surface area (Å²) in [6.07, 6.45) is 8.30. The number of furan rings is 1. The maximum atomic E-state index is 13.3. The summed E-state index contributed by atoms with van der Waals surface area (Å²) >= 11 is 0. The molecule has 2 unspecified atom stereocenters. The third-order valence-electron chi connectivity index (χ3n) is 11.1. The molecule has 0 amide bonds. The van der Waals surface area contributed by atoms with Crippen molar-refractivity contribution in [2.75, 3.05) is 7.11 Å². The molecule has 4 fully saturated rings. The standard InChI is InChI=1S/C29H37NO7/c1-16(31)35-21-14-19-25(2,3)20(30-33-7)9-11-26(19,4)18-8-12-27(5)22(17-10-13-34-15-17)36-24(32)23-29(27,37-23)28(18,21)6/h9-11,13,15,18-19,21-23H,8,12,14H2,1-7H3/b30-20+/t18?,19?,21-,22+,23-,26-,27+,28+,29-/m1/s1. The fourth-order valence-corrected chi connectivity index (χ4v) is 9.46. The van der Waals surface area contributed by atoms with Gasteiger partial charge in [-0.3, -0.25) is 4.79 Å². The summed E-state index contributed by atoms with van der Waals surface area (Å²) in [7, 11) is 1.56. The molecule has 37 heavy (non-hydrogen) atoms. The van der Waals surface area contributed by atoms with E-state index in [9.17, 15) is 9.59 Å². The molecule has 6 rings (SSSR count). The average Bonchev–Trinajstić information content (AvgIpc) is 3.39. The van der Waals surface area contributed by atoms with E-state index in [0.717, 1.165) is 24.1 Å². The number of ether oxygens (including phenoxy) is 3. The van der Waals surface area contributed by atoms with Gasteiger partial charge < -0.3 is 23.5 Å². The van der Waals surface area contributed by atoms with Crippen molar-refractivity contribution in [2.45, 2.75) is 84.7 Å². The number of hydrogen-bond acceptors (Lipinski definition) is 8. The fraction of sp³-hybridized carbons (Fsp3) is 0.690. The minimum atomic E-state index is -0.826. The monoisotopic (exact) mass is 511 g/mol. The van der Waals surface area contributed by atoms with Crippen molar-refractivity contribution in [2.24, 2.45) is 38.7 Å². The smallest absolute Gasteiger partial charge is 0.339 e. The number of hydrogen-bond donors (Lipinski definition) is 0. The van der Waals surface area contributed by atoms with Crippen molar-refractivity contribution in [1.29, 1.82) is 0 Å². The predicted molar refractivity (Wildman–Crippen MR) is 133 cm³/mol. The van der Waals surface area contributed by atoms with E-state index < -0.39 is 34.7 Å². The molecule has 0 N–H and O–H groups in total. The summed E-state index contributed by atoms with van der Waals surface area (Å²) < 4.78 is 24.2. The minimum Gasteiger partial charge on any atom is -0.472 e. The van der Waals surface area contributed by atoms with Gasteiger partial charge in [0, 0.05) is 28.7 Å². The van der Waals surface area contributed by atoms with Crippen LogP contribution in [-0.4, -0.2) is 42.6 Å². The second-order valence-electron chi connectivity index (χ2n) is 12.9. The van der Waals surface area contributed by atoms with Crippen LogP contribution in [0.5, 0.6) is 0 Å². The molecule has 2 saturated carbocycles. The summed E-state index contributed by atoms with van der Waals surface area (Å²) in [4.78, 5) is 31.1. The predicted octanol–water partition coefficient (Wildman–Crippen LogP) is 4.99. The van der Waals surface area contributed by atoms with Crippen LogP contribution < -0.4 is 0 Å². The number of oxime groups is 1. The maximum absolute atomic E-state index is 13.3. The Labute approximate surface area is 217 Å². The van der Waals surface area contributed by atoms with Crippen LogP contribution >= 0.6 is 0 Å². The van der Waals surface area contributed by atoms with Gasteiger partial charge in [-0.15, -0.1) is 0 Å². The van der Waals surface area contributed by atoms with Gasteiger partial charge in [-0.1, -0.05) is 45.9 Å². The van der Waals surface area contributed by atoms with Gasteiger partial charge in [0.2, 0.25) is 0 Å². The topological polar surface area (TPSA) is 99.9 Å². The number of epoxide rings is 1.